The van der Waals surface area contributed by atoms with Crippen molar-refractivity contribution in [3.8, 4) is 0 Å². The molecule has 0 aliphatic carbocycles. The average molecular weight is 367 g/mol. The predicted octanol–water partition coefficient (Wildman–Crippen LogP) is -2.58. The Balaban J connectivity index is 1.75. The highest BCUT2D eigenvalue weighted by molar-refractivity contribution is 5.81. The number of anilines is 1. The van der Waals surface area contributed by atoms with Crippen molar-refractivity contribution < 1.29 is 24.9 Å². The Morgan fingerprint density at radius 3 is 2.81 bits per heavy atom. The molecule has 8 N–H and O–H groups in total. The summed E-state index contributed by atoms with van der Waals surface area (Å²) in [6.45, 7) is 0.223. The Bertz CT molecular complexity index is 784. The zero-order valence-corrected chi connectivity index (χ0v) is 13.8. The minimum absolute atomic E-state index is 0.0233. The smallest absolute Gasteiger partial charge is 0.320 e. The molecule has 0 aromatic carbocycles. The highest BCUT2D eigenvalue weighted by Gasteiger charge is 2.44. The number of carboxylic acids is 1. The van der Waals surface area contributed by atoms with Crippen LogP contribution in [0.5, 0.6) is 0 Å². The number of ether oxygens (including phenoxy) is 1. The number of carboxylic acid groups (broad SMARTS) is 1. The van der Waals surface area contributed by atoms with Gasteiger partial charge >= 0.3 is 5.97 Å². The number of aliphatic carboxylic acids is 1. The third-order valence-electron chi connectivity index (χ3n) is 4.32. The molecule has 26 heavy (non-hydrogen) atoms. The van der Waals surface area contributed by atoms with Crippen LogP contribution in [0.25, 0.3) is 11.2 Å². The number of carbonyl (C=O) groups is 1. The van der Waals surface area contributed by atoms with E-state index in [0.29, 0.717) is 11.2 Å². The van der Waals surface area contributed by atoms with Gasteiger partial charge in [-0.15, -0.1) is 0 Å². The van der Waals surface area contributed by atoms with Crippen LogP contribution >= 0.6 is 0 Å². The maximum atomic E-state index is 11.2. The Kier molecular flexibility index (Phi) is 5.29. The van der Waals surface area contributed by atoms with E-state index in [-0.39, 0.29) is 25.3 Å². The lowest BCUT2D eigenvalue weighted by molar-refractivity contribution is -0.139. The van der Waals surface area contributed by atoms with Gasteiger partial charge in [0.25, 0.3) is 0 Å². The summed E-state index contributed by atoms with van der Waals surface area (Å²) in [5.74, 6) is -0.862. The SMILES string of the molecule is NCCC(NC[C@H]1O[C@@H](n2cnc3c(N)ncnc32)[C@H](O)[C@@H]1O)C(=O)O. The summed E-state index contributed by atoms with van der Waals surface area (Å²) in [5, 5.41) is 32.5. The van der Waals surface area contributed by atoms with E-state index in [2.05, 4.69) is 20.3 Å². The number of imidazole rings is 1. The van der Waals surface area contributed by atoms with Crippen molar-refractivity contribution in [2.75, 3.05) is 18.8 Å². The van der Waals surface area contributed by atoms with E-state index in [0.717, 1.165) is 0 Å². The van der Waals surface area contributed by atoms with E-state index in [9.17, 15) is 15.0 Å². The molecule has 0 radical (unpaired) electrons. The zero-order valence-electron chi connectivity index (χ0n) is 13.8. The lowest BCUT2D eigenvalue weighted by Gasteiger charge is -2.19. The second-order valence-electron chi connectivity index (χ2n) is 6.01. The maximum Gasteiger partial charge on any atom is 0.320 e. The number of aliphatic hydroxyl groups excluding tert-OH is 2. The van der Waals surface area contributed by atoms with E-state index in [1.165, 1.54) is 17.2 Å². The molecule has 3 rings (SSSR count). The normalized spacial score (nSPS) is 27.0. The van der Waals surface area contributed by atoms with Gasteiger partial charge in [0.05, 0.1) is 6.33 Å². The number of aromatic nitrogens is 4. The molecule has 1 fully saturated rings. The highest BCUT2D eigenvalue weighted by atomic mass is 16.6. The number of fused-ring (bicyclic) bond motifs is 1. The average Bonchev–Trinajstić information content (AvgIpc) is 3.15. The molecule has 1 aliphatic rings. The van der Waals surface area contributed by atoms with E-state index in [1.54, 1.807) is 0 Å². The summed E-state index contributed by atoms with van der Waals surface area (Å²) >= 11 is 0. The van der Waals surface area contributed by atoms with E-state index in [1.807, 2.05) is 0 Å². The third kappa shape index (κ3) is 3.32. The van der Waals surface area contributed by atoms with Crippen LogP contribution in [-0.4, -0.2) is 78.3 Å². The zero-order chi connectivity index (χ0) is 18.8. The lowest BCUT2D eigenvalue weighted by atomic mass is 10.1. The monoisotopic (exact) mass is 367 g/mol. The molecule has 5 atom stereocenters. The van der Waals surface area contributed by atoms with Gasteiger partial charge in [-0.3, -0.25) is 9.36 Å². The summed E-state index contributed by atoms with van der Waals surface area (Å²) < 4.78 is 7.18. The molecule has 0 saturated carbocycles. The molecule has 1 unspecified atom stereocenters. The Hall–Kier alpha value is -2.38. The molecule has 12 heteroatoms. The number of nitrogen functional groups attached to an aromatic ring is 1. The first-order chi connectivity index (χ1) is 12.4. The molecule has 0 bridgehead atoms. The molecule has 1 saturated heterocycles. The number of hydrogen-bond donors (Lipinski definition) is 6. The van der Waals surface area contributed by atoms with Gasteiger partial charge < -0.3 is 36.8 Å². The van der Waals surface area contributed by atoms with Gasteiger partial charge in [-0.1, -0.05) is 0 Å². The van der Waals surface area contributed by atoms with Crippen LogP contribution in [0.2, 0.25) is 0 Å². The minimum Gasteiger partial charge on any atom is -0.480 e. The molecule has 2 aromatic rings. The number of rotatable bonds is 7. The van der Waals surface area contributed by atoms with Crippen LogP contribution in [0.4, 0.5) is 5.82 Å². The lowest BCUT2D eigenvalue weighted by Crippen LogP contribution is -2.45. The van der Waals surface area contributed by atoms with Gasteiger partial charge in [0.2, 0.25) is 0 Å². The minimum atomic E-state index is -1.26. The highest BCUT2D eigenvalue weighted by Crippen LogP contribution is 2.31. The second kappa shape index (κ2) is 7.47. The molecule has 0 amide bonds. The topological polar surface area (TPSA) is 195 Å². The molecule has 12 nitrogen and oxygen atoms in total. The fourth-order valence-electron chi connectivity index (χ4n) is 2.92. The molecular formula is C14H21N7O5. The predicted molar refractivity (Wildman–Crippen MR) is 88.8 cm³/mol. The van der Waals surface area contributed by atoms with Crippen molar-refractivity contribution in [2.24, 2.45) is 5.73 Å². The first-order valence-corrected chi connectivity index (χ1v) is 8.05. The Labute approximate surface area is 147 Å². The molecule has 0 spiro atoms. The second-order valence-corrected chi connectivity index (χ2v) is 6.01. The quantitative estimate of drug-likeness (QED) is 0.301. The third-order valence-corrected chi connectivity index (χ3v) is 4.32. The summed E-state index contributed by atoms with van der Waals surface area (Å²) in [6, 6.07) is -0.867. The molecule has 1 aliphatic heterocycles. The Morgan fingerprint density at radius 1 is 1.35 bits per heavy atom. The van der Waals surface area contributed by atoms with Crippen molar-refractivity contribution in [1.82, 2.24) is 24.8 Å². The van der Waals surface area contributed by atoms with Crippen molar-refractivity contribution in [1.29, 1.82) is 0 Å². The summed E-state index contributed by atoms with van der Waals surface area (Å²) in [6.07, 6.45) is -1.38. The van der Waals surface area contributed by atoms with E-state index in [4.69, 9.17) is 21.3 Å². The van der Waals surface area contributed by atoms with Gasteiger partial charge in [0.1, 0.15) is 36.2 Å². The fourth-order valence-corrected chi connectivity index (χ4v) is 2.92. The summed E-state index contributed by atoms with van der Waals surface area (Å²) in [5.41, 5.74) is 11.8. The van der Waals surface area contributed by atoms with Crippen molar-refractivity contribution in [3.05, 3.63) is 12.7 Å². The molecule has 3 heterocycles. The summed E-state index contributed by atoms with van der Waals surface area (Å²) in [4.78, 5) is 23.2. The first kappa shape index (κ1) is 18.4. The van der Waals surface area contributed by atoms with Crippen molar-refractivity contribution in [3.63, 3.8) is 0 Å². The van der Waals surface area contributed by atoms with Crippen LogP contribution in [0.3, 0.4) is 0 Å². The number of aliphatic hydroxyl groups is 2. The van der Waals surface area contributed by atoms with Gasteiger partial charge in [0, 0.05) is 6.54 Å². The van der Waals surface area contributed by atoms with Crippen LogP contribution in [0.15, 0.2) is 12.7 Å². The first-order valence-electron chi connectivity index (χ1n) is 8.05. The van der Waals surface area contributed by atoms with Gasteiger partial charge in [-0.05, 0) is 13.0 Å². The largest absolute Gasteiger partial charge is 0.480 e. The van der Waals surface area contributed by atoms with Crippen molar-refractivity contribution >= 4 is 23.0 Å². The van der Waals surface area contributed by atoms with Gasteiger partial charge in [-0.2, -0.15) is 0 Å². The van der Waals surface area contributed by atoms with Gasteiger partial charge in [-0.25, -0.2) is 15.0 Å². The number of nitrogens with one attached hydrogen (secondary N) is 1. The molecule has 2 aromatic heterocycles. The molecule has 142 valence electrons. The fraction of sp³-hybridized carbons (Fsp3) is 0.571. The summed E-state index contributed by atoms with van der Waals surface area (Å²) in [7, 11) is 0. The van der Waals surface area contributed by atoms with Crippen LogP contribution in [0, 0.1) is 0 Å². The number of hydrogen-bond acceptors (Lipinski definition) is 10. The van der Waals surface area contributed by atoms with E-state index >= 15 is 0 Å². The standard InChI is InChI=1S/C14H21N7O5/c15-2-1-6(14(24)25)17-3-7-9(22)10(23)13(26-7)21-5-20-8-11(16)18-4-19-12(8)21/h4-7,9-10,13,17,22-23H,1-3,15H2,(H,24,25)(H2,16,18,19)/t6?,7-,9-,10-,13-/m1/s1. The van der Waals surface area contributed by atoms with Crippen LogP contribution in [0.1, 0.15) is 12.6 Å². The van der Waals surface area contributed by atoms with Gasteiger partial charge in [0.15, 0.2) is 17.7 Å². The Morgan fingerprint density at radius 2 is 2.12 bits per heavy atom. The van der Waals surface area contributed by atoms with Crippen molar-refractivity contribution in [2.45, 2.75) is 37.0 Å². The van der Waals surface area contributed by atoms with Crippen LogP contribution in [-0.2, 0) is 9.53 Å². The van der Waals surface area contributed by atoms with Crippen LogP contribution < -0.4 is 16.8 Å². The number of nitrogens with zero attached hydrogens (tertiary/aromatic N) is 4. The molecular weight excluding hydrogens is 346 g/mol. The number of nitrogens with two attached hydrogens (primary N) is 2. The van der Waals surface area contributed by atoms with E-state index < -0.39 is 36.6 Å². The maximum absolute atomic E-state index is 11.2.